The van der Waals surface area contributed by atoms with Gasteiger partial charge in [-0.05, 0) is 128 Å². The molecule has 2 aromatic rings. The molecular formula is C58H83B2FNO13P. The van der Waals surface area contributed by atoms with E-state index in [-0.39, 0.29) is 128 Å². The fourth-order valence-electron chi connectivity index (χ4n) is 11.5. The minimum absolute atomic E-state index is 0. The van der Waals surface area contributed by atoms with Crippen LogP contribution in [0.15, 0.2) is 71.8 Å². The molecule has 6 fully saturated rings. The van der Waals surface area contributed by atoms with Crippen molar-refractivity contribution in [2.24, 2.45) is 11.8 Å². The van der Waals surface area contributed by atoms with Crippen LogP contribution in [0.5, 0.6) is 0 Å². The van der Waals surface area contributed by atoms with Crippen molar-refractivity contribution in [3.05, 3.63) is 88.5 Å². The highest BCUT2D eigenvalue weighted by Gasteiger charge is 2.73. The molecule has 76 heavy (non-hydrogen) atoms. The standard InChI is InChI=1S/C32H44FO8P.C25H35NO5.CH4.B2/c1-21(2)8-14-26-31(3,41-26)30-29(37-4)25(16-17-32(30)19-39-32)40-28(36)15-13-22-9-11-23(12-10-22)18-24(34)6-5-7-27(35)38-20-42-33;1-16(2)5-11-20-24(3,31-20)23-22(28-4)19(13-14-25(23)15-29-25)30-21(27)12-8-17-6-9-18(26)10-7-17;;1-2/h8-12,25-26,29-30,42H,5-7,13-20H2,1-4H3;5-7,9-10,19-20,22-23H,8,11-15,26H2,1-4H3;1H4;/t25-,26-,29-,30-,31+,32+;19-,20-,22-,23-,24+,25+;;/m11../s1. The summed E-state index contributed by atoms with van der Waals surface area (Å²) in [5, 5.41) is 0. The summed E-state index contributed by atoms with van der Waals surface area (Å²) < 4.78 is 65.0. The number of anilines is 1. The molecule has 416 valence electrons. The summed E-state index contributed by atoms with van der Waals surface area (Å²) in [7, 11) is 10.4. The van der Waals surface area contributed by atoms with Crippen molar-refractivity contribution in [1.29, 1.82) is 0 Å². The molecule has 18 heteroatoms. The van der Waals surface area contributed by atoms with Gasteiger partial charge in [0.05, 0.1) is 37.3 Å². The average Bonchev–Trinajstić information content (AvgIpc) is 4.28. The molecule has 4 saturated heterocycles. The summed E-state index contributed by atoms with van der Waals surface area (Å²) in [6, 6.07) is 15.2. The molecule has 2 aromatic carbocycles. The number of carbonyl (C=O) groups excluding carboxylic acids is 4. The summed E-state index contributed by atoms with van der Waals surface area (Å²) in [4.78, 5) is 49.2. The molecular weight excluding hydrogens is 990 g/mol. The number of hydrogen-bond donors (Lipinski definition) is 1. The molecule has 4 heterocycles. The zero-order chi connectivity index (χ0) is 54.6. The number of hydrogen-bond acceptors (Lipinski definition) is 14. The Kier molecular flexibility index (Phi) is 23.4. The first-order valence-corrected chi connectivity index (χ1v) is 27.6. The number of benzene rings is 2. The second-order valence-electron chi connectivity index (χ2n) is 21.7. The van der Waals surface area contributed by atoms with Gasteiger partial charge in [0, 0.05) is 67.5 Å². The van der Waals surface area contributed by atoms with E-state index < -0.39 is 14.9 Å². The highest BCUT2D eigenvalue weighted by atomic mass is 31.1. The predicted octanol–water partition coefficient (Wildman–Crippen LogP) is 9.28. The summed E-state index contributed by atoms with van der Waals surface area (Å²) in [6.45, 7) is 14.1. The lowest BCUT2D eigenvalue weighted by Gasteiger charge is -2.42. The summed E-state index contributed by atoms with van der Waals surface area (Å²) in [6.07, 6.45) is 10.9. The van der Waals surface area contributed by atoms with Crippen molar-refractivity contribution in [3.63, 3.8) is 0 Å². The van der Waals surface area contributed by atoms with E-state index >= 15 is 0 Å². The lowest BCUT2D eigenvalue weighted by Crippen LogP contribution is -2.55. The number of ether oxygens (including phenoxy) is 9. The van der Waals surface area contributed by atoms with E-state index in [1.807, 2.05) is 48.5 Å². The van der Waals surface area contributed by atoms with Crippen LogP contribution < -0.4 is 5.73 Å². The van der Waals surface area contributed by atoms with Crippen LogP contribution in [0.1, 0.15) is 136 Å². The van der Waals surface area contributed by atoms with E-state index in [0.29, 0.717) is 38.7 Å². The van der Waals surface area contributed by atoms with Gasteiger partial charge in [-0.1, -0.05) is 67.1 Å². The van der Waals surface area contributed by atoms with Crippen LogP contribution in [0.4, 0.5) is 9.88 Å². The first-order chi connectivity index (χ1) is 35.9. The highest BCUT2D eigenvalue weighted by molar-refractivity contribution is 7.31. The van der Waals surface area contributed by atoms with E-state index in [1.54, 1.807) is 14.2 Å². The molecule has 2 saturated carbocycles. The molecule has 4 radical (unpaired) electrons. The second-order valence-corrected chi connectivity index (χ2v) is 22.3. The van der Waals surface area contributed by atoms with Gasteiger partial charge in [-0.15, -0.1) is 0 Å². The van der Waals surface area contributed by atoms with Crippen molar-refractivity contribution < 1.29 is 66.0 Å². The fourth-order valence-corrected chi connectivity index (χ4v) is 11.7. The molecule has 6 aliphatic rings. The minimum atomic E-state index is -0.924. The van der Waals surface area contributed by atoms with E-state index in [1.165, 1.54) is 11.1 Å². The van der Waals surface area contributed by atoms with Gasteiger partial charge < -0.3 is 48.4 Å². The average molecular weight is 1070 g/mol. The third kappa shape index (κ3) is 16.6. The largest absolute Gasteiger partial charge is 0.460 e. The van der Waals surface area contributed by atoms with Gasteiger partial charge in [-0.3, -0.25) is 19.2 Å². The van der Waals surface area contributed by atoms with Crippen molar-refractivity contribution in [2.75, 3.05) is 39.5 Å². The molecule has 2 N–H and O–H groups in total. The molecule has 0 amide bonds. The Morgan fingerprint density at radius 1 is 0.684 bits per heavy atom. The van der Waals surface area contributed by atoms with Crippen LogP contribution in [0.2, 0.25) is 0 Å². The Morgan fingerprint density at radius 2 is 1.11 bits per heavy atom. The zero-order valence-electron chi connectivity index (χ0n) is 45.3. The fraction of sp³-hybridized carbons (Fsp3) is 0.655. The van der Waals surface area contributed by atoms with Crippen molar-refractivity contribution in [1.82, 2.24) is 0 Å². The summed E-state index contributed by atoms with van der Waals surface area (Å²) >= 11 is 0. The minimum Gasteiger partial charge on any atom is -0.460 e. The van der Waals surface area contributed by atoms with Gasteiger partial charge in [-0.25, -0.2) is 4.20 Å². The van der Waals surface area contributed by atoms with Crippen LogP contribution in [0.25, 0.3) is 0 Å². The Bertz CT molecular complexity index is 2290. The number of allylic oxidation sites excluding steroid dienone is 2. The van der Waals surface area contributed by atoms with E-state index in [9.17, 15) is 23.4 Å². The maximum atomic E-state index is 12.9. The van der Waals surface area contributed by atoms with Gasteiger partial charge in [0.15, 0.2) is 0 Å². The van der Waals surface area contributed by atoms with Gasteiger partial charge in [0.1, 0.15) is 67.8 Å². The lowest BCUT2D eigenvalue weighted by molar-refractivity contribution is -0.172. The first-order valence-electron chi connectivity index (χ1n) is 26.5. The van der Waals surface area contributed by atoms with Crippen LogP contribution >= 0.6 is 8.89 Å². The lowest BCUT2D eigenvalue weighted by atomic mass is 9.68. The topological polar surface area (TPSA) is 191 Å². The number of Topliss-reactive ketones (excluding diaryl/α,β-unsaturated/α-hetero) is 1. The number of nitrogen functional groups attached to an aromatic ring is 1. The molecule has 13 atom stereocenters. The smallest absolute Gasteiger partial charge is 0.306 e. The number of epoxide rings is 4. The monoisotopic (exact) mass is 1070 g/mol. The van der Waals surface area contributed by atoms with Gasteiger partial charge >= 0.3 is 17.9 Å². The van der Waals surface area contributed by atoms with Crippen LogP contribution in [0.3, 0.4) is 0 Å². The Balaban J connectivity index is 0.000000279. The Labute approximate surface area is 455 Å². The normalized spacial score (nSPS) is 31.3. The number of methoxy groups -OCH3 is 2. The molecule has 2 spiro atoms. The maximum absolute atomic E-state index is 12.9. The quantitative estimate of drug-likeness (QED) is 0.0199. The molecule has 2 aliphatic carbocycles. The maximum Gasteiger partial charge on any atom is 0.306 e. The second kappa shape index (κ2) is 28.3. The number of nitrogens with two attached hydrogens (primary N) is 1. The predicted molar refractivity (Wildman–Crippen MR) is 294 cm³/mol. The van der Waals surface area contributed by atoms with Crippen LogP contribution in [-0.4, -0.2) is 132 Å². The van der Waals surface area contributed by atoms with Crippen molar-refractivity contribution in [2.45, 2.75) is 198 Å². The van der Waals surface area contributed by atoms with Gasteiger partial charge in [0.2, 0.25) is 0 Å². The Morgan fingerprint density at radius 3 is 1.50 bits per heavy atom. The molecule has 0 bridgehead atoms. The summed E-state index contributed by atoms with van der Waals surface area (Å²) in [5.41, 5.74) is 10.8. The number of esters is 3. The molecule has 14 nitrogen and oxygen atoms in total. The molecule has 8 rings (SSSR count). The van der Waals surface area contributed by atoms with Gasteiger partial charge in [0.25, 0.3) is 0 Å². The SMILES string of the molecule is C.CO[C@@H]1[C@H](OC(=O)CCc2ccc(CC(=O)CCCC(=O)OCPF)cc2)CC[C@]2(CO2)[C@H]1[C@@]1(C)O[C@@H]1CC=C(C)C.CO[C@@H]1[C@H](OC(=O)CCc2ccc(N)cc2)CC[C@]2(CO2)[C@H]1[C@@]1(C)O[C@@H]1CC=C(C)C.[B][B]. The van der Waals surface area contributed by atoms with Crippen molar-refractivity contribution in [3.8, 4) is 0 Å². The van der Waals surface area contributed by atoms with Gasteiger partial charge in [-0.2, -0.15) is 0 Å². The Hall–Kier alpha value is -3.95. The van der Waals surface area contributed by atoms with Crippen LogP contribution in [0, 0.1) is 11.8 Å². The zero-order valence-corrected chi connectivity index (χ0v) is 46.3. The third-order valence-corrected chi connectivity index (χ3v) is 16.1. The summed E-state index contributed by atoms with van der Waals surface area (Å²) in [5.74, 6) is -0.878. The number of halogens is 1. The molecule has 0 aromatic heterocycles. The molecule has 4 aliphatic heterocycles. The number of aryl methyl sites for hydroxylation is 2. The first kappa shape index (κ1) is 62.9. The van der Waals surface area contributed by atoms with E-state index in [4.69, 9.17) is 43.6 Å². The van der Waals surface area contributed by atoms with E-state index in [2.05, 4.69) is 73.9 Å². The molecule has 1 unspecified atom stereocenters. The van der Waals surface area contributed by atoms with E-state index in [0.717, 1.165) is 61.1 Å². The van der Waals surface area contributed by atoms with Crippen molar-refractivity contribution >= 4 is 53.7 Å². The number of carbonyl (C=O) groups is 4. The van der Waals surface area contributed by atoms with Crippen LogP contribution in [-0.2, 0) is 81.1 Å². The number of ketones is 1. The number of rotatable bonds is 24. The highest BCUT2D eigenvalue weighted by Crippen LogP contribution is 2.61. The third-order valence-electron chi connectivity index (χ3n) is 15.8.